The topological polar surface area (TPSA) is 55.3 Å². The molecule has 24 heavy (non-hydrogen) atoms. The summed E-state index contributed by atoms with van der Waals surface area (Å²) in [5.41, 5.74) is 1.55. The molecular weight excluding hydrogens is 326 g/mol. The fraction of sp³-hybridized carbons (Fsp3) is 0.389. The average Bonchev–Trinajstić information content (AvgIpc) is 2.52. The van der Waals surface area contributed by atoms with Crippen LogP contribution in [0.15, 0.2) is 30.7 Å². The van der Waals surface area contributed by atoms with Gasteiger partial charge < -0.3 is 9.64 Å². The van der Waals surface area contributed by atoms with Crippen LogP contribution in [0.3, 0.4) is 0 Å². The third kappa shape index (κ3) is 4.23. The van der Waals surface area contributed by atoms with Crippen LogP contribution in [0.25, 0.3) is 0 Å². The van der Waals surface area contributed by atoms with Gasteiger partial charge in [0.2, 0.25) is 0 Å². The summed E-state index contributed by atoms with van der Waals surface area (Å²) in [5, 5.41) is 0.714. The lowest BCUT2D eigenvalue weighted by Gasteiger charge is -2.30. The summed E-state index contributed by atoms with van der Waals surface area (Å²) in [7, 11) is 1.72. The molecule has 0 saturated heterocycles. The highest BCUT2D eigenvalue weighted by atomic mass is 35.5. The van der Waals surface area contributed by atoms with Crippen LogP contribution < -0.4 is 4.74 Å². The molecule has 0 aliphatic heterocycles. The molecule has 0 bridgehead atoms. The predicted octanol–water partition coefficient (Wildman–Crippen LogP) is 3.56. The molecule has 2 rings (SSSR count). The Kier molecular flexibility index (Phi) is 5.44. The van der Waals surface area contributed by atoms with E-state index in [-0.39, 0.29) is 5.91 Å². The van der Waals surface area contributed by atoms with Gasteiger partial charge in [0.15, 0.2) is 5.60 Å². The Hall–Kier alpha value is -2.14. The molecule has 1 amide bonds. The highest BCUT2D eigenvalue weighted by Crippen LogP contribution is 2.28. The first-order valence-corrected chi connectivity index (χ1v) is 8.04. The number of nitrogens with zero attached hydrogens (tertiary/aromatic N) is 3. The van der Waals surface area contributed by atoms with Gasteiger partial charge >= 0.3 is 0 Å². The van der Waals surface area contributed by atoms with Crippen molar-refractivity contribution >= 4 is 17.5 Å². The van der Waals surface area contributed by atoms with Gasteiger partial charge in [0.1, 0.15) is 5.75 Å². The maximum Gasteiger partial charge on any atom is 0.266 e. The van der Waals surface area contributed by atoms with Crippen LogP contribution in [0.2, 0.25) is 5.02 Å². The summed E-state index contributed by atoms with van der Waals surface area (Å²) in [4.78, 5) is 22.5. The maximum atomic E-state index is 12.7. The van der Waals surface area contributed by atoms with Crippen LogP contribution in [0.1, 0.15) is 30.7 Å². The number of ether oxygens (including phenoxy) is 1. The Morgan fingerprint density at radius 1 is 1.25 bits per heavy atom. The lowest BCUT2D eigenvalue weighted by atomic mass is 10.1. The van der Waals surface area contributed by atoms with Crippen LogP contribution in [0, 0.1) is 13.8 Å². The average molecular weight is 348 g/mol. The van der Waals surface area contributed by atoms with Crippen molar-refractivity contribution in [2.45, 2.75) is 39.8 Å². The molecule has 0 saturated carbocycles. The number of likely N-dealkylation sites (N-methyl/N-ethyl adjacent to an activating group) is 1. The molecule has 0 fully saturated rings. The fourth-order valence-electron chi connectivity index (χ4n) is 2.49. The lowest BCUT2D eigenvalue weighted by Crippen LogP contribution is -2.47. The van der Waals surface area contributed by atoms with Crippen LogP contribution in [0.5, 0.6) is 5.75 Å². The Morgan fingerprint density at radius 3 is 2.42 bits per heavy atom. The van der Waals surface area contributed by atoms with Crippen LogP contribution in [-0.4, -0.2) is 33.4 Å². The molecule has 0 unspecified atom stereocenters. The van der Waals surface area contributed by atoms with Gasteiger partial charge in [-0.2, -0.15) is 0 Å². The van der Waals surface area contributed by atoms with E-state index in [9.17, 15) is 4.79 Å². The van der Waals surface area contributed by atoms with Gasteiger partial charge in [-0.15, -0.1) is 0 Å². The van der Waals surface area contributed by atoms with Gasteiger partial charge in [0.05, 0.1) is 18.4 Å². The summed E-state index contributed by atoms with van der Waals surface area (Å²) in [5.74, 6) is 0.485. The number of hydrogen-bond donors (Lipinski definition) is 0. The van der Waals surface area contributed by atoms with Crippen molar-refractivity contribution in [1.82, 2.24) is 14.9 Å². The summed E-state index contributed by atoms with van der Waals surface area (Å²) in [6.45, 7) is 7.70. The number of amides is 1. The van der Waals surface area contributed by atoms with Crippen molar-refractivity contribution in [3.05, 3.63) is 52.6 Å². The molecule has 0 spiro atoms. The molecule has 6 heteroatoms. The van der Waals surface area contributed by atoms with Gasteiger partial charge in [0, 0.05) is 24.5 Å². The minimum absolute atomic E-state index is 0.140. The van der Waals surface area contributed by atoms with Crippen molar-refractivity contribution < 1.29 is 9.53 Å². The van der Waals surface area contributed by atoms with E-state index in [0.717, 1.165) is 16.8 Å². The van der Waals surface area contributed by atoms with E-state index in [1.165, 1.54) is 0 Å². The Morgan fingerprint density at radius 2 is 1.88 bits per heavy atom. The number of aryl methyl sites for hydroxylation is 2. The first-order valence-electron chi connectivity index (χ1n) is 7.67. The quantitative estimate of drug-likeness (QED) is 0.829. The van der Waals surface area contributed by atoms with Crippen molar-refractivity contribution in [1.29, 1.82) is 0 Å². The zero-order chi connectivity index (χ0) is 17.9. The van der Waals surface area contributed by atoms with Crippen LogP contribution in [0.4, 0.5) is 0 Å². The molecule has 128 valence electrons. The molecule has 1 heterocycles. The Labute approximate surface area is 147 Å². The zero-order valence-corrected chi connectivity index (χ0v) is 15.4. The van der Waals surface area contributed by atoms with Gasteiger partial charge in [-0.3, -0.25) is 14.8 Å². The molecule has 1 aromatic heterocycles. The van der Waals surface area contributed by atoms with Crippen molar-refractivity contribution in [2.75, 3.05) is 7.05 Å². The van der Waals surface area contributed by atoms with Gasteiger partial charge in [-0.05, 0) is 51.0 Å². The predicted molar refractivity (Wildman–Crippen MR) is 94.1 cm³/mol. The number of hydrogen-bond acceptors (Lipinski definition) is 4. The first-order chi connectivity index (χ1) is 11.2. The minimum atomic E-state index is -1.01. The smallest absolute Gasteiger partial charge is 0.266 e. The van der Waals surface area contributed by atoms with E-state index in [0.29, 0.717) is 17.3 Å². The molecular formula is C18H22ClN3O2. The monoisotopic (exact) mass is 347 g/mol. The van der Waals surface area contributed by atoms with E-state index in [1.54, 1.807) is 44.4 Å². The highest BCUT2D eigenvalue weighted by Gasteiger charge is 2.33. The van der Waals surface area contributed by atoms with E-state index >= 15 is 0 Å². The summed E-state index contributed by atoms with van der Waals surface area (Å²) < 4.78 is 5.95. The number of halogens is 1. The van der Waals surface area contributed by atoms with Crippen molar-refractivity contribution in [2.24, 2.45) is 0 Å². The third-order valence-electron chi connectivity index (χ3n) is 3.66. The van der Waals surface area contributed by atoms with E-state index in [4.69, 9.17) is 16.3 Å². The van der Waals surface area contributed by atoms with Gasteiger partial charge in [0.25, 0.3) is 5.91 Å². The zero-order valence-electron chi connectivity index (χ0n) is 14.6. The van der Waals surface area contributed by atoms with Crippen LogP contribution >= 0.6 is 11.6 Å². The number of benzene rings is 1. The SMILES string of the molecule is Cc1cc(OC(C)(C)C(=O)N(C)Cc2cnccn2)cc(C)c1Cl. The molecule has 5 nitrogen and oxygen atoms in total. The summed E-state index contributed by atoms with van der Waals surface area (Å²) in [6.07, 6.45) is 4.85. The molecule has 0 radical (unpaired) electrons. The largest absolute Gasteiger partial charge is 0.478 e. The highest BCUT2D eigenvalue weighted by molar-refractivity contribution is 6.32. The van der Waals surface area contributed by atoms with E-state index in [2.05, 4.69) is 9.97 Å². The molecule has 0 aliphatic rings. The molecule has 0 aliphatic carbocycles. The number of carbonyl (C=O) groups excluding carboxylic acids is 1. The molecule has 1 aromatic carbocycles. The Bertz CT molecular complexity index is 709. The second-order valence-corrected chi connectivity index (χ2v) is 6.72. The van der Waals surface area contributed by atoms with Gasteiger partial charge in [-0.25, -0.2) is 0 Å². The molecule has 2 aromatic rings. The summed E-state index contributed by atoms with van der Waals surface area (Å²) in [6, 6.07) is 3.68. The number of aromatic nitrogens is 2. The van der Waals surface area contributed by atoms with E-state index in [1.807, 2.05) is 26.0 Å². The molecule has 0 atom stereocenters. The minimum Gasteiger partial charge on any atom is -0.478 e. The second-order valence-electron chi connectivity index (χ2n) is 6.34. The van der Waals surface area contributed by atoms with Crippen molar-refractivity contribution in [3.63, 3.8) is 0 Å². The normalized spacial score (nSPS) is 11.2. The Balaban J connectivity index is 2.12. The van der Waals surface area contributed by atoms with Gasteiger partial charge in [-0.1, -0.05) is 11.6 Å². The first kappa shape index (κ1) is 18.2. The second kappa shape index (κ2) is 7.18. The molecule has 0 N–H and O–H groups in total. The fourth-order valence-corrected chi connectivity index (χ4v) is 2.60. The van der Waals surface area contributed by atoms with E-state index < -0.39 is 5.60 Å². The third-order valence-corrected chi connectivity index (χ3v) is 4.26. The standard InChI is InChI=1S/C18H22ClN3O2/c1-12-8-15(9-13(2)16(12)19)24-18(3,4)17(23)22(5)11-14-10-20-6-7-21-14/h6-10H,11H2,1-5H3. The summed E-state index contributed by atoms with van der Waals surface area (Å²) >= 11 is 6.18. The number of rotatable bonds is 5. The van der Waals surface area contributed by atoms with Crippen LogP contribution in [-0.2, 0) is 11.3 Å². The van der Waals surface area contributed by atoms with Crippen molar-refractivity contribution in [3.8, 4) is 5.75 Å². The lowest BCUT2D eigenvalue weighted by molar-refractivity contribution is -0.144. The maximum absolute atomic E-state index is 12.7. The number of carbonyl (C=O) groups is 1.